The Kier molecular flexibility index (Phi) is 3.34. The van der Waals surface area contributed by atoms with Crippen LogP contribution < -0.4 is 0 Å². The van der Waals surface area contributed by atoms with Gasteiger partial charge in [0.25, 0.3) is 0 Å². The zero-order chi connectivity index (χ0) is 11.6. The van der Waals surface area contributed by atoms with Crippen LogP contribution in [0.4, 0.5) is 0 Å². The van der Waals surface area contributed by atoms with Gasteiger partial charge in [0, 0.05) is 13.0 Å². The van der Waals surface area contributed by atoms with Crippen molar-refractivity contribution in [2.75, 3.05) is 6.61 Å². The zero-order valence-corrected chi connectivity index (χ0v) is 9.57. The van der Waals surface area contributed by atoms with Crippen molar-refractivity contribution in [1.29, 1.82) is 0 Å². The van der Waals surface area contributed by atoms with E-state index in [-0.39, 0.29) is 0 Å². The molecule has 1 saturated carbocycles. The minimum atomic E-state index is -0.820. The van der Waals surface area contributed by atoms with Gasteiger partial charge in [0.15, 0.2) is 0 Å². The molecule has 2 aliphatic rings. The molecule has 2 N–H and O–H groups in total. The second-order valence-corrected chi connectivity index (χ2v) is 4.55. The molecule has 0 bridgehead atoms. The highest BCUT2D eigenvalue weighted by molar-refractivity contribution is 5.31. The highest BCUT2D eigenvalue weighted by Crippen LogP contribution is 2.43. The van der Waals surface area contributed by atoms with E-state index in [1.165, 1.54) is 0 Å². The topological polar surface area (TPSA) is 49.7 Å². The molecule has 1 spiro atoms. The first-order chi connectivity index (χ1) is 7.69. The van der Waals surface area contributed by atoms with E-state index in [0.29, 0.717) is 13.0 Å². The van der Waals surface area contributed by atoms with Crippen LogP contribution in [0.25, 0.3) is 0 Å². The van der Waals surface area contributed by atoms with Crippen LogP contribution >= 0.6 is 0 Å². The Balaban J connectivity index is 2.20. The van der Waals surface area contributed by atoms with E-state index >= 15 is 0 Å². The average Bonchev–Trinajstić information content (AvgIpc) is 2.53. The van der Waals surface area contributed by atoms with Crippen LogP contribution in [-0.4, -0.2) is 34.6 Å². The van der Waals surface area contributed by atoms with Gasteiger partial charge in [0.1, 0.15) is 17.8 Å². The summed E-state index contributed by atoms with van der Waals surface area (Å²) in [6.45, 7) is 2.43. The molecule has 88 valence electrons. The van der Waals surface area contributed by atoms with E-state index in [4.69, 9.17) is 4.74 Å². The van der Waals surface area contributed by atoms with E-state index < -0.39 is 17.8 Å². The van der Waals surface area contributed by atoms with Crippen molar-refractivity contribution in [3.05, 3.63) is 11.6 Å². The lowest BCUT2D eigenvalue weighted by molar-refractivity contribution is -0.148. The second-order valence-electron chi connectivity index (χ2n) is 4.55. The van der Waals surface area contributed by atoms with Gasteiger partial charge in [-0.1, -0.05) is 5.92 Å². The van der Waals surface area contributed by atoms with Crippen LogP contribution in [0.5, 0.6) is 0 Å². The summed E-state index contributed by atoms with van der Waals surface area (Å²) in [6, 6.07) is 0. The lowest BCUT2D eigenvalue weighted by atomic mass is 9.90. The Labute approximate surface area is 96.1 Å². The molecular weight excluding hydrogens is 204 g/mol. The standard InChI is InChI=1S/C13H18O3/c1-2-3-6-10-9-13(12(15)11(10)14)7-4-5-8-16-13/h6,11-12,14-15H,4-5,7-9H2,1H3/b10-6-/t11-,12+,13?/m1/s1. The summed E-state index contributed by atoms with van der Waals surface area (Å²) in [7, 11) is 0. The highest BCUT2D eigenvalue weighted by Gasteiger charge is 2.51. The molecule has 2 rings (SSSR count). The third-order valence-electron chi connectivity index (χ3n) is 3.51. The SMILES string of the molecule is CC#C/C=C1/CC2(CCCCO2)[C@@H](O)[C@@H]1O. The van der Waals surface area contributed by atoms with Crippen molar-refractivity contribution >= 4 is 0 Å². The molecule has 0 aromatic heterocycles. The van der Waals surface area contributed by atoms with Gasteiger partial charge in [0.2, 0.25) is 0 Å². The number of aliphatic hydroxyl groups is 2. The molecule has 0 radical (unpaired) electrons. The van der Waals surface area contributed by atoms with Gasteiger partial charge in [-0.05, 0) is 37.8 Å². The molecular formula is C13H18O3. The zero-order valence-electron chi connectivity index (χ0n) is 9.57. The van der Waals surface area contributed by atoms with Gasteiger partial charge in [-0.2, -0.15) is 0 Å². The third-order valence-corrected chi connectivity index (χ3v) is 3.51. The largest absolute Gasteiger partial charge is 0.387 e. The minimum Gasteiger partial charge on any atom is -0.387 e. The average molecular weight is 222 g/mol. The predicted octanol–water partition coefficient (Wildman–Crippen LogP) is 1.00. The van der Waals surface area contributed by atoms with Gasteiger partial charge >= 0.3 is 0 Å². The molecule has 0 aromatic rings. The predicted molar refractivity (Wildman–Crippen MR) is 60.7 cm³/mol. The van der Waals surface area contributed by atoms with Crippen molar-refractivity contribution < 1.29 is 14.9 Å². The fourth-order valence-corrected chi connectivity index (χ4v) is 2.59. The molecule has 3 atom stereocenters. The van der Waals surface area contributed by atoms with E-state index in [1.807, 2.05) is 0 Å². The van der Waals surface area contributed by atoms with Gasteiger partial charge in [0.05, 0.1) is 0 Å². The van der Waals surface area contributed by atoms with Crippen molar-refractivity contribution in [3.63, 3.8) is 0 Å². The van der Waals surface area contributed by atoms with Gasteiger partial charge in [-0.3, -0.25) is 0 Å². The van der Waals surface area contributed by atoms with Gasteiger partial charge in [-0.25, -0.2) is 0 Å². The summed E-state index contributed by atoms with van der Waals surface area (Å²) in [5.41, 5.74) is 0.239. The van der Waals surface area contributed by atoms with Gasteiger partial charge < -0.3 is 14.9 Å². The van der Waals surface area contributed by atoms with Crippen LogP contribution in [0.3, 0.4) is 0 Å². The number of aliphatic hydroxyl groups excluding tert-OH is 2. The summed E-state index contributed by atoms with van der Waals surface area (Å²) >= 11 is 0. The molecule has 1 aliphatic carbocycles. The van der Waals surface area contributed by atoms with Crippen molar-refractivity contribution in [3.8, 4) is 11.8 Å². The Morgan fingerprint density at radius 2 is 2.25 bits per heavy atom. The Bertz CT molecular complexity index is 342. The minimum absolute atomic E-state index is 0.557. The fourth-order valence-electron chi connectivity index (χ4n) is 2.59. The van der Waals surface area contributed by atoms with Crippen LogP contribution in [-0.2, 0) is 4.74 Å². The Hall–Kier alpha value is -0.820. The first-order valence-corrected chi connectivity index (χ1v) is 5.81. The first kappa shape index (κ1) is 11.7. The molecule has 16 heavy (non-hydrogen) atoms. The van der Waals surface area contributed by atoms with Gasteiger partial charge in [-0.15, -0.1) is 5.92 Å². The highest BCUT2D eigenvalue weighted by atomic mass is 16.5. The maximum atomic E-state index is 10.1. The second kappa shape index (κ2) is 4.58. The molecule has 1 aliphatic heterocycles. The van der Waals surface area contributed by atoms with Crippen LogP contribution in [0.2, 0.25) is 0 Å². The maximum absolute atomic E-state index is 10.1. The Morgan fingerprint density at radius 3 is 2.88 bits per heavy atom. The van der Waals surface area contributed by atoms with E-state index in [1.54, 1.807) is 13.0 Å². The summed E-state index contributed by atoms with van der Waals surface area (Å²) in [4.78, 5) is 0. The normalized spacial score (nSPS) is 41.1. The van der Waals surface area contributed by atoms with Crippen LogP contribution in [0, 0.1) is 11.8 Å². The molecule has 0 amide bonds. The smallest absolute Gasteiger partial charge is 0.113 e. The number of ether oxygens (including phenoxy) is 1. The maximum Gasteiger partial charge on any atom is 0.113 e. The third kappa shape index (κ3) is 1.89. The van der Waals surface area contributed by atoms with Crippen molar-refractivity contribution in [2.24, 2.45) is 0 Å². The van der Waals surface area contributed by atoms with Crippen molar-refractivity contribution in [1.82, 2.24) is 0 Å². The molecule has 0 aromatic carbocycles. The quantitative estimate of drug-likeness (QED) is 0.601. The summed E-state index contributed by atoms with van der Waals surface area (Å²) in [6.07, 6.45) is 3.60. The fraction of sp³-hybridized carbons (Fsp3) is 0.692. The number of rotatable bonds is 0. The lowest BCUT2D eigenvalue weighted by Gasteiger charge is -2.36. The molecule has 2 fully saturated rings. The summed E-state index contributed by atoms with van der Waals surface area (Å²) in [5.74, 6) is 5.59. The lowest BCUT2D eigenvalue weighted by Crippen LogP contribution is -2.46. The summed E-state index contributed by atoms with van der Waals surface area (Å²) < 4.78 is 5.72. The van der Waals surface area contributed by atoms with E-state index in [2.05, 4.69) is 11.8 Å². The van der Waals surface area contributed by atoms with Crippen LogP contribution in [0.15, 0.2) is 11.6 Å². The number of hydrogen-bond donors (Lipinski definition) is 2. The number of hydrogen-bond acceptors (Lipinski definition) is 3. The Morgan fingerprint density at radius 1 is 1.44 bits per heavy atom. The molecule has 3 nitrogen and oxygen atoms in total. The summed E-state index contributed by atoms with van der Waals surface area (Å²) in [5, 5.41) is 20.0. The molecule has 1 unspecified atom stereocenters. The molecule has 3 heteroatoms. The van der Waals surface area contributed by atoms with Crippen molar-refractivity contribution in [2.45, 2.75) is 50.4 Å². The monoisotopic (exact) mass is 222 g/mol. The molecule has 1 heterocycles. The molecule has 1 saturated heterocycles. The van der Waals surface area contributed by atoms with E-state index in [0.717, 1.165) is 24.8 Å². The van der Waals surface area contributed by atoms with Crippen LogP contribution in [0.1, 0.15) is 32.6 Å². The first-order valence-electron chi connectivity index (χ1n) is 5.81. The van der Waals surface area contributed by atoms with E-state index in [9.17, 15) is 10.2 Å². The number of allylic oxidation sites excluding steroid dienone is 1.